The van der Waals surface area contributed by atoms with Crippen LogP contribution in [-0.2, 0) is 33.8 Å². The van der Waals surface area contributed by atoms with E-state index in [1.165, 1.54) is 0 Å². The number of hydrogen-bond acceptors (Lipinski definition) is 6. The minimum Gasteiger partial charge on any atom is -0.326 e. The summed E-state index contributed by atoms with van der Waals surface area (Å²) in [5, 5.41) is 0. The van der Waals surface area contributed by atoms with Crippen LogP contribution >= 0.6 is 24.8 Å². The Labute approximate surface area is 249 Å². The maximum Gasteiger partial charge on any atom is 0.176 e. The Balaban J connectivity index is 0.00000400. The monoisotopic (exact) mass is 578 g/mol. The van der Waals surface area contributed by atoms with Crippen LogP contribution in [0.25, 0.3) is 0 Å². The third-order valence-electron chi connectivity index (χ3n) is 7.25. The van der Waals surface area contributed by atoms with E-state index in [-0.39, 0.29) is 36.4 Å². The van der Waals surface area contributed by atoms with Gasteiger partial charge < -0.3 is 22.9 Å². The lowest BCUT2D eigenvalue weighted by Gasteiger charge is -2.29. The van der Waals surface area contributed by atoms with Crippen molar-refractivity contribution in [1.82, 2.24) is 0 Å². The van der Waals surface area contributed by atoms with E-state index in [0.717, 1.165) is 22.3 Å². The molecule has 3 aromatic rings. The number of hydrogen-bond donors (Lipinski definition) is 4. The minimum absolute atomic E-state index is 0. The lowest BCUT2D eigenvalue weighted by atomic mass is 9.76. The van der Waals surface area contributed by atoms with Gasteiger partial charge in [0.15, 0.2) is 22.6 Å². The largest absolute Gasteiger partial charge is 0.326 e. The van der Waals surface area contributed by atoms with Crippen molar-refractivity contribution >= 4 is 36.4 Å². The Hall–Kier alpha value is -3.46. The predicted octanol–water partition coefficient (Wildman–Crippen LogP) is 3.77. The molecular weight excluding hydrogens is 543 g/mol. The van der Waals surface area contributed by atoms with Gasteiger partial charge in [-0.3, -0.25) is 9.59 Å². The van der Waals surface area contributed by atoms with Crippen LogP contribution in [0.5, 0.6) is 0 Å². The number of nitrogens with two attached hydrogens (primary N) is 4. The lowest BCUT2D eigenvalue weighted by Crippen LogP contribution is -2.47. The summed E-state index contributed by atoms with van der Waals surface area (Å²) in [6.45, 7) is 4.33. The van der Waals surface area contributed by atoms with Crippen molar-refractivity contribution in [2.45, 2.75) is 49.9 Å². The Morgan fingerprint density at radius 3 is 1.15 bits per heavy atom. The number of Topliss-reactive ketones (excluding diaryl/α,β-unsaturated/α-hetero) is 2. The summed E-state index contributed by atoms with van der Waals surface area (Å²) < 4.78 is 0. The third-order valence-corrected chi connectivity index (χ3v) is 7.25. The molecule has 3 aromatic carbocycles. The second-order valence-electron chi connectivity index (χ2n) is 9.55. The number of terminal acetylenes is 2. The zero-order valence-electron chi connectivity index (χ0n) is 22.6. The molecule has 8 N–H and O–H groups in total. The molecule has 0 aliphatic heterocycles. The van der Waals surface area contributed by atoms with Gasteiger partial charge in [-0.15, -0.1) is 37.7 Å². The fourth-order valence-electron chi connectivity index (χ4n) is 4.46. The quantitative estimate of drug-likeness (QED) is 0.270. The highest BCUT2D eigenvalue weighted by atomic mass is 35.5. The van der Waals surface area contributed by atoms with Gasteiger partial charge in [0.1, 0.15) is 0 Å². The zero-order chi connectivity index (χ0) is 28.1. The van der Waals surface area contributed by atoms with Crippen molar-refractivity contribution in [2.24, 2.45) is 22.9 Å². The first-order chi connectivity index (χ1) is 18.0. The Morgan fingerprint density at radius 2 is 0.925 bits per heavy atom. The smallest absolute Gasteiger partial charge is 0.176 e. The van der Waals surface area contributed by atoms with Crippen molar-refractivity contribution in [2.75, 3.05) is 0 Å². The van der Waals surface area contributed by atoms with Crippen LogP contribution in [0.3, 0.4) is 0 Å². The van der Waals surface area contributed by atoms with Crippen molar-refractivity contribution < 1.29 is 9.59 Å². The highest BCUT2D eigenvalue weighted by Crippen LogP contribution is 2.32. The summed E-state index contributed by atoms with van der Waals surface area (Å²) in [5.74, 6) is 3.15. The molecule has 0 radical (unpaired) electrons. The van der Waals surface area contributed by atoms with Gasteiger partial charge in [-0.25, -0.2) is 0 Å². The molecule has 0 spiro atoms. The number of carbonyl (C=O) groups is 2. The van der Waals surface area contributed by atoms with E-state index in [1.807, 2.05) is 48.5 Å². The van der Waals surface area contributed by atoms with Crippen LogP contribution in [0, 0.1) is 24.7 Å². The normalized spacial score (nSPS) is 14.9. The highest BCUT2D eigenvalue weighted by Gasteiger charge is 2.40. The maximum absolute atomic E-state index is 13.5. The van der Waals surface area contributed by atoms with E-state index in [0.29, 0.717) is 24.2 Å². The van der Waals surface area contributed by atoms with Gasteiger partial charge in [-0.2, -0.15) is 0 Å². The van der Waals surface area contributed by atoms with Crippen LogP contribution in [-0.4, -0.2) is 11.6 Å². The van der Waals surface area contributed by atoms with Crippen molar-refractivity contribution in [1.29, 1.82) is 0 Å². The third kappa shape index (κ3) is 6.63. The Kier molecular flexibility index (Phi) is 12.3. The van der Waals surface area contributed by atoms with Gasteiger partial charge in [0.2, 0.25) is 0 Å². The minimum atomic E-state index is -1.69. The molecule has 4 atom stereocenters. The van der Waals surface area contributed by atoms with E-state index in [9.17, 15) is 9.59 Å². The summed E-state index contributed by atoms with van der Waals surface area (Å²) in [7, 11) is 0. The van der Waals surface area contributed by atoms with Crippen LogP contribution in [0.2, 0.25) is 0 Å². The standard InChI is InChI=1S/C32H34N4O2.2ClH/c1-5-31(35,29(37)21(3)25-11-7-23(19-33)8-12-25)27-15-17-28(18-16-27)32(36,6-2)30(38)22(4)26-13-9-24(20-34)10-14-26;;/h1-2,7-18,21-22H,19-20,33-36H2,3-4H3;2*1H. The molecule has 8 heteroatoms. The van der Waals surface area contributed by atoms with Crippen molar-refractivity contribution in [3.63, 3.8) is 0 Å². The molecule has 210 valence electrons. The summed E-state index contributed by atoms with van der Waals surface area (Å²) >= 11 is 0. The van der Waals surface area contributed by atoms with Crippen LogP contribution in [0.4, 0.5) is 0 Å². The molecule has 0 heterocycles. The second kappa shape index (κ2) is 14.3. The average Bonchev–Trinajstić information content (AvgIpc) is 2.98. The highest BCUT2D eigenvalue weighted by molar-refractivity contribution is 5.99. The molecule has 6 nitrogen and oxygen atoms in total. The molecule has 0 fully saturated rings. The molecule has 0 saturated heterocycles. The summed E-state index contributed by atoms with van der Waals surface area (Å²) in [6.07, 6.45) is 11.6. The molecule has 40 heavy (non-hydrogen) atoms. The van der Waals surface area contributed by atoms with E-state index in [2.05, 4.69) is 11.8 Å². The van der Waals surface area contributed by atoms with Crippen LogP contribution in [0.1, 0.15) is 59.1 Å². The van der Waals surface area contributed by atoms with E-state index in [1.54, 1.807) is 38.1 Å². The summed E-state index contributed by atoms with van der Waals surface area (Å²) in [6, 6.07) is 21.3. The van der Waals surface area contributed by atoms with Gasteiger partial charge in [-0.05, 0) is 33.4 Å². The van der Waals surface area contributed by atoms with Crippen molar-refractivity contribution in [3.05, 3.63) is 106 Å². The number of halogens is 2. The fraction of sp³-hybridized carbons (Fsp3) is 0.250. The molecule has 0 aromatic heterocycles. The first-order valence-electron chi connectivity index (χ1n) is 12.4. The maximum atomic E-state index is 13.5. The van der Waals surface area contributed by atoms with Crippen molar-refractivity contribution in [3.8, 4) is 24.7 Å². The Morgan fingerprint density at radius 1 is 0.650 bits per heavy atom. The van der Waals surface area contributed by atoms with Gasteiger partial charge in [0.25, 0.3) is 0 Å². The molecule has 0 saturated carbocycles. The molecule has 4 unspecified atom stereocenters. The summed E-state index contributed by atoms with van der Waals surface area (Å²) in [5.41, 5.74) is 25.2. The lowest BCUT2D eigenvalue weighted by molar-refractivity contribution is -0.124. The van der Waals surface area contributed by atoms with E-state index >= 15 is 0 Å². The van der Waals surface area contributed by atoms with Crippen LogP contribution < -0.4 is 22.9 Å². The number of carbonyl (C=O) groups excluding carboxylic acids is 2. The first kappa shape index (κ1) is 34.6. The molecule has 0 amide bonds. The fourth-order valence-corrected chi connectivity index (χ4v) is 4.46. The van der Waals surface area contributed by atoms with E-state index in [4.69, 9.17) is 35.8 Å². The molecule has 0 bridgehead atoms. The molecule has 0 aliphatic carbocycles. The Bertz CT molecular complexity index is 1280. The van der Waals surface area contributed by atoms with Gasteiger partial charge >= 0.3 is 0 Å². The average molecular weight is 580 g/mol. The molecule has 3 rings (SSSR count). The molecular formula is C32H36Cl2N4O2. The first-order valence-corrected chi connectivity index (χ1v) is 12.4. The van der Waals surface area contributed by atoms with Gasteiger partial charge in [-0.1, -0.05) is 98.5 Å². The van der Waals surface area contributed by atoms with Gasteiger partial charge in [0, 0.05) is 24.9 Å². The molecule has 0 aliphatic rings. The SMILES string of the molecule is C#CC(N)(C(=O)C(C)c1ccc(CN)cc1)c1ccc(C(N)(C#C)C(=O)C(C)c2ccc(CN)cc2)cc1.Cl.Cl. The number of rotatable bonds is 10. The van der Waals surface area contributed by atoms with Gasteiger partial charge in [0.05, 0.1) is 0 Å². The topological polar surface area (TPSA) is 138 Å². The second-order valence-corrected chi connectivity index (χ2v) is 9.55. The number of ketones is 2. The predicted molar refractivity (Wildman–Crippen MR) is 166 cm³/mol. The summed E-state index contributed by atoms with van der Waals surface area (Å²) in [4.78, 5) is 27.0. The van der Waals surface area contributed by atoms with Crippen LogP contribution in [0.15, 0.2) is 72.8 Å². The number of benzene rings is 3. The van der Waals surface area contributed by atoms with E-state index < -0.39 is 22.9 Å². The zero-order valence-corrected chi connectivity index (χ0v) is 24.2.